The van der Waals surface area contributed by atoms with Crippen molar-refractivity contribution >= 4 is 17.0 Å². The number of aryl methyl sites for hydroxylation is 1. The second-order valence-corrected chi connectivity index (χ2v) is 6.84. The number of piperidine rings is 1. The van der Waals surface area contributed by atoms with Crippen molar-refractivity contribution in [3.63, 3.8) is 0 Å². The van der Waals surface area contributed by atoms with Gasteiger partial charge in [0.25, 0.3) is 0 Å². The smallest absolute Gasteiger partial charge is 0.433 e. The molecule has 4 rings (SSSR count). The first-order valence-electron chi connectivity index (χ1n) is 8.95. The van der Waals surface area contributed by atoms with Crippen LogP contribution in [0.3, 0.4) is 0 Å². The van der Waals surface area contributed by atoms with Crippen molar-refractivity contribution in [1.82, 2.24) is 24.5 Å². The van der Waals surface area contributed by atoms with E-state index in [2.05, 4.69) is 24.8 Å². The Bertz CT molecular complexity index is 965. The lowest BCUT2D eigenvalue weighted by atomic mass is 9.98. The van der Waals surface area contributed by atoms with Crippen LogP contribution in [-0.2, 0) is 13.2 Å². The highest BCUT2D eigenvalue weighted by Gasteiger charge is 2.32. The van der Waals surface area contributed by atoms with E-state index in [1.54, 1.807) is 6.33 Å². The third kappa shape index (κ3) is 3.71. The molecule has 3 aromatic heterocycles. The summed E-state index contributed by atoms with van der Waals surface area (Å²) in [7, 11) is 1.89. The molecule has 0 spiro atoms. The molecule has 0 bridgehead atoms. The number of hydrogen-bond donors (Lipinski definition) is 0. The van der Waals surface area contributed by atoms with Crippen molar-refractivity contribution in [2.45, 2.75) is 19.0 Å². The molecule has 10 heteroatoms. The lowest BCUT2D eigenvalue weighted by molar-refractivity contribution is -0.141. The Balaban J connectivity index is 1.36. The Kier molecular flexibility index (Phi) is 4.78. The van der Waals surface area contributed by atoms with E-state index in [4.69, 9.17) is 4.74 Å². The maximum Gasteiger partial charge on any atom is 0.433 e. The summed E-state index contributed by atoms with van der Waals surface area (Å²) in [5.41, 5.74) is 0.618. The van der Waals surface area contributed by atoms with Gasteiger partial charge in [-0.25, -0.2) is 15.0 Å². The average molecular weight is 392 g/mol. The molecular weight excluding hydrogens is 373 g/mol. The van der Waals surface area contributed by atoms with Crippen LogP contribution >= 0.6 is 0 Å². The van der Waals surface area contributed by atoms with Crippen LogP contribution in [0.15, 0.2) is 31.0 Å². The summed E-state index contributed by atoms with van der Waals surface area (Å²) in [4.78, 5) is 18.5. The van der Waals surface area contributed by atoms with Crippen molar-refractivity contribution in [3.8, 4) is 5.75 Å². The SMILES string of the molecule is Cn1cnc2c(N3CCC(COc4ccnc(C(F)(F)F)c4)CC3)ncnc21. The number of pyridine rings is 1. The van der Waals surface area contributed by atoms with Gasteiger partial charge in [0.05, 0.1) is 12.9 Å². The minimum atomic E-state index is -4.47. The molecule has 3 aromatic rings. The van der Waals surface area contributed by atoms with E-state index in [1.807, 2.05) is 11.6 Å². The van der Waals surface area contributed by atoms with E-state index in [9.17, 15) is 13.2 Å². The minimum Gasteiger partial charge on any atom is -0.493 e. The molecule has 0 N–H and O–H groups in total. The summed E-state index contributed by atoms with van der Waals surface area (Å²) < 4.78 is 45.7. The highest BCUT2D eigenvalue weighted by atomic mass is 19.4. The van der Waals surface area contributed by atoms with Crippen molar-refractivity contribution < 1.29 is 17.9 Å². The van der Waals surface area contributed by atoms with Crippen LogP contribution in [0.25, 0.3) is 11.2 Å². The number of fused-ring (bicyclic) bond motifs is 1. The third-order valence-electron chi connectivity index (χ3n) is 4.90. The fraction of sp³-hybridized carbons (Fsp3) is 0.444. The van der Waals surface area contributed by atoms with E-state index in [-0.39, 0.29) is 11.7 Å². The molecule has 0 aliphatic carbocycles. The predicted molar refractivity (Wildman–Crippen MR) is 96.0 cm³/mol. The molecular formula is C18H19F3N6O. The highest BCUT2D eigenvalue weighted by Crippen LogP contribution is 2.30. The van der Waals surface area contributed by atoms with Gasteiger partial charge >= 0.3 is 6.18 Å². The Morgan fingerprint density at radius 1 is 1.14 bits per heavy atom. The predicted octanol–water partition coefficient (Wildman–Crippen LogP) is 3.07. The molecule has 0 unspecified atom stereocenters. The minimum absolute atomic E-state index is 0.191. The zero-order valence-electron chi connectivity index (χ0n) is 15.2. The first-order valence-corrected chi connectivity index (χ1v) is 8.95. The van der Waals surface area contributed by atoms with Gasteiger partial charge in [0.2, 0.25) is 0 Å². The van der Waals surface area contributed by atoms with Crippen LogP contribution in [-0.4, -0.2) is 44.2 Å². The number of ether oxygens (including phenoxy) is 1. The third-order valence-corrected chi connectivity index (χ3v) is 4.90. The van der Waals surface area contributed by atoms with Crippen LogP contribution in [0.2, 0.25) is 0 Å². The molecule has 1 aliphatic heterocycles. The summed E-state index contributed by atoms with van der Waals surface area (Å²) in [5.74, 6) is 1.27. The monoisotopic (exact) mass is 392 g/mol. The number of halogens is 3. The normalized spacial score (nSPS) is 15.9. The number of aromatic nitrogens is 5. The van der Waals surface area contributed by atoms with Gasteiger partial charge in [0.15, 0.2) is 17.0 Å². The molecule has 1 aliphatic rings. The Morgan fingerprint density at radius 2 is 1.93 bits per heavy atom. The summed E-state index contributed by atoms with van der Waals surface area (Å²) in [6, 6.07) is 2.39. The van der Waals surface area contributed by atoms with E-state index in [1.165, 1.54) is 12.4 Å². The van der Waals surface area contributed by atoms with Gasteiger partial charge in [-0.3, -0.25) is 4.98 Å². The summed E-state index contributed by atoms with van der Waals surface area (Å²) in [5, 5.41) is 0. The van der Waals surface area contributed by atoms with Crippen LogP contribution in [0.1, 0.15) is 18.5 Å². The van der Waals surface area contributed by atoms with Gasteiger partial charge < -0.3 is 14.2 Å². The zero-order chi connectivity index (χ0) is 19.7. The second kappa shape index (κ2) is 7.25. The number of imidazole rings is 1. The molecule has 0 amide bonds. The maximum absolute atomic E-state index is 12.7. The lowest BCUT2D eigenvalue weighted by Gasteiger charge is -2.32. The molecule has 7 nitrogen and oxygen atoms in total. The molecule has 148 valence electrons. The molecule has 0 radical (unpaired) electrons. The quantitative estimate of drug-likeness (QED) is 0.680. The Hall–Kier alpha value is -2.91. The van der Waals surface area contributed by atoms with E-state index < -0.39 is 11.9 Å². The molecule has 1 saturated heterocycles. The van der Waals surface area contributed by atoms with Crippen molar-refractivity contribution in [2.75, 3.05) is 24.6 Å². The van der Waals surface area contributed by atoms with Gasteiger partial charge in [-0.1, -0.05) is 0 Å². The largest absolute Gasteiger partial charge is 0.493 e. The molecule has 4 heterocycles. The van der Waals surface area contributed by atoms with E-state index in [0.717, 1.165) is 55.2 Å². The van der Waals surface area contributed by atoms with Gasteiger partial charge in [-0.2, -0.15) is 13.2 Å². The lowest BCUT2D eigenvalue weighted by Crippen LogP contribution is -2.36. The van der Waals surface area contributed by atoms with Gasteiger partial charge in [-0.05, 0) is 24.8 Å². The van der Waals surface area contributed by atoms with Gasteiger partial charge in [0, 0.05) is 32.4 Å². The average Bonchev–Trinajstić information content (AvgIpc) is 3.08. The number of alkyl halides is 3. The van der Waals surface area contributed by atoms with Gasteiger partial charge in [0.1, 0.15) is 17.8 Å². The summed E-state index contributed by atoms with van der Waals surface area (Å²) >= 11 is 0. The molecule has 0 aromatic carbocycles. The zero-order valence-corrected chi connectivity index (χ0v) is 15.2. The first-order chi connectivity index (χ1) is 13.4. The number of anilines is 1. The number of hydrogen-bond acceptors (Lipinski definition) is 6. The van der Waals surface area contributed by atoms with Crippen LogP contribution in [0.4, 0.5) is 19.0 Å². The van der Waals surface area contributed by atoms with Crippen molar-refractivity contribution in [2.24, 2.45) is 13.0 Å². The second-order valence-electron chi connectivity index (χ2n) is 6.84. The van der Waals surface area contributed by atoms with Crippen LogP contribution < -0.4 is 9.64 Å². The Morgan fingerprint density at radius 3 is 2.68 bits per heavy atom. The van der Waals surface area contributed by atoms with Crippen molar-refractivity contribution in [1.29, 1.82) is 0 Å². The molecule has 28 heavy (non-hydrogen) atoms. The molecule has 1 fully saturated rings. The fourth-order valence-corrected chi connectivity index (χ4v) is 3.35. The Labute approximate surface area is 159 Å². The highest BCUT2D eigenvalue weighted by molar-refractivity contribution is 5.83. The first kappa shape index (κ1) is 18.5. The van der Waals surface area contributed by atoms with Crippen molar-refractivity contribution in [3.05, 3.63) is 36.7 Å². The topological polar surface area (TPSA) is 69.0 Å². The van der Waals surface area contributed by atoms with E-state index >= 15 is 0 Å². The standard InChI is InChI=1S/C18H19F3N6O/c1-26-11-25-15-16(26)23-10-24-17(15)27-6-3-12(4-7-27)9-28-13-2-5-22-14(8-13)18(19,20)21/h2,5,8,10-12H,3-4,6-7,9H2,1H3. The van der Waals surface area contributed by atoms with Crippen LogP contribution in [0, 0.1) is 5.92 Å². The summed E-state index contributed by atoms with van der Waals surface area (Å²) in [6.45, 7) is 1.93. The van der Waals surface area contributed by atoms with Crippen LogP contribution in [0.5, 0.6) is 5.75 Å². The maximum atomic E-state index is 12.7. The van der Waals surface area contributed by atoms with Gasteiger partial charge in [-0.15, -0.1) is 0 Å². The number of nitrogens with zero attached hydrogens (tertiary/aromatic N) is 6. The number of rotatable bonds is 4. The molecule has 0 saturated carbocycles. The summed E-state index contributed by atoms with van der Waals surface area (Å²) in [6.07, 6.45) is 1.61. The fourth-order valence-electron chi connectivity index (χ4n) is 3.35. The van der Waals surface area contributed by atoms with E-state index in [0.29, 0.717) is 6.61 Å². The molecule has 0 atom stereocenters.